The first kappa shape index (κ1) is 18.0. The number of hydrogen-bond acceptors (Lipinski definition) is 3. The van der Waals surface area contributed by atoms with Crippen molar-refractivity contribution in [3.8, 4) is 0 Å². The van der Waals surface area contributed by atoms with Gasteiger partial charge < -0.3 is 10.1 Å². The van der Waals surface area contributed by atoms with Crippen molar-refractivity contribution in [1.29, 1.82) is 0 Å². The summed E-state index contributed by atoms with van der Waals surface area (Å²) >= 11 is 5.88. The maximum absolute atomic E-state index is 12.8. The van der Waals surface area contributed by atoms with Crippen LogP contribution in [0.15, 0.2) is 18.2 Å². The van der Waals surface area contributed by atoms with Gasteiger partial charge >= 0.3 is 6.18 Å². The summed E-state index contributed by atoms with van der Waals surface area (Å²) in [5, 5.41) is 2.70. The highest BCUT2D eigenvalue weighted by Gasteiger charge is 2.35. The molecule has 2 atom stereocenters. The number of ether oxygens (including phenoxy) is 1. The Kier molecular flexibility index (Phi) is 5.54. The van der Waals surface area contributed by atoms with Crippen molar-refractivity contribution in [2.24, 2.45) is 0 Å². The van der Waals surface area contributed by atoms with Crippen molar-refractivity contribution in [2.45, 2.75) is 25.2 Å². The molecule has 1 saturated heterocycles. The second-order valence-electron chi connectivity index (χ2n) is 5.40. The van der Waals surface area contributed by atoms with E-state index in [9.17, 15) is 18.0 Å². The second-order valence-corrected chi connectivity index (χ2v) is 5.81. The van der Waals surface area contributed by atoms with Crippen molar-refractivity contribution < 1.29 is 22.7 Å². The molecular weight excluding hydrogens is 333 g/mol. The van der Waals surface area contributed by atoms with Crippen LogP contribution >= 0.6 is 11.6 Å². The number of likely N-dealkylation sites (N-methyl/N-ethyl adjacent to an activating group) is 1. The molecule has 0 radical (unpaired) electrons. The number of hydrogen-bond donors (Lipinski definition) is 1. The van der Waals surface area contributed by atoms with Gasteiger partial charge in [0.15, 0.2) is 0 Å². The van der Waals surface area contributed by atoms with Crippen LogP contribution in [0.2, 0.25) is 5.02 Å². The molecule has 1 amide bonds. The van der Waals surface area contributed by atoms with Gasteiger partial charge in [-0.2, -0.15) is 13.2 Å². The summed E-state index contributed by atoms with van der Waals surface area (Å²) in [5.74, 6) is -0.633. The minimum atomic E-state index is -4.53. The molecule has 2 rings (SSSR count). The smallest absolute Gasteiger partial charge is 0.378 e. The van der Waals surface area contributed by atoms with E-state index in [0.717, 1.165) is 24.7 Å². The van der Waals surface area contributed by atoms with Gasteiger partial charge in [0.05, 0.1) is 28.3 Å². The Labute approximate surface area is 137 Å². The predicted molar refractivity (Wildman–Crippen MR) is 80.6 cm³/mol. The van der Waals surface area contributed by atoms with Crippen molar-refractivity contribution in [3.63, 3.8) is 0 Å². The molecule has 0 unspecified atom stereocenters. The summed E-state index contributed by atoms with van der Waals surface area (Å²) in [4.78, 5) is 14.4. The van der Waals surface area contributed by atoms with Gasteiger partial charge in [0.2, 0.25) is 0 Å². The van der Waals surface area contributed by atoms with Crippen LogP contribution in [-0.4, -0.2) is 49.7 Å². The van der Waals surface area contributed by atoms with E-state index in [-0.39, 0.29) is 22.7 Å². The lowest BCUT2D eigenvalue weighted by Crippen LogP contribution is -2.43. The summed E-state index contributed by atoms with van der Waals surface area (Å²) in [6.45, 7) is 4.03. The van der Waals surface area contributed by atoms with Gasteiger partial charge in [-0.05, 0) is 24.7 Å². The third-order valence-corrected chi connectivity index (χ3v) is 4.28. The topological polar surface area (TPSA) is 41.6 Å². The molecule has 1 aromatic carbocycles. The molecule has 0 bridgehead atoms. The quantitative estimate of drug-likeness (QED) is 0.908. The zero-order valence-electron chi connectivity index (χ0n) is 12.8. The molecule has 1 aromatic rings. The summed E-state index contributed by atoms with van der Waals surface area (Å²) < 4.78 is 43.7. The minimum Gasteiger partial charge on any atom is -0.378 e. The van der Waals surface area contributed by atoms with Crippen LogP contribution in [0.25, 0.3) is 0 Å². The number of methoxy groups -OCH3 is 1. The fourth-order valence-corrected chi connectivity index (χ4v) is 2.81. The number of carbonyl (C=O) groups is 1. The van der Waals surface area contributed by atoms with Crippen LogP contribution in [0.5, 0.6) is 0 Å². The lowest BCUT2D eigenvalue weighted by Gasteiger charge is -2.19. The first-order chi connectivity index (χ1) is 10.8. The lowest BCUT2D eigenvalue weighted by atomic mass is 10.1. The van der Waals surface area contributed by atoms with E-state index in [1.54, 1.807) is 7.11 Å². The van der Waals surface area contributed by atoms with Gasteiger partial charge in [-0.1, -0.05) is 18.5 Å². The maximum Gasteiger partial charge on any atom is 0.416 e. The number of carbonyl (C=O) groups excluding carboxylic acids is 1. The molecule has 1 N–H and O–H groups in total. The Hall–Kier alpha value is -1.31. The molecule has 1 aliphatic heterocycles. The van der Waals surface area contributed by atoms with Crippen LogP contribution in [-0.2, 0) is 10.9 Å². The average Bonchev–Trinajstić information content (AvgIpc) is 2.88. The van der Waals surface area contributed by atoms with Gasteiger partial charge in [0.25, 0.3) is 5.91 Å². The number of halogens is 4. The molecule has 1 heterocycles. The van der Waals surface area contributed by atoms with Gasteiger partial charge in [-0.25, -0.2) is 0 Å². The molecule has 0 spiro atoms. The van der Waals surface area contributed by atoms with Crippen molar-refractivity contribution in [3.05, 3.63) is 34.3 Å². The SMILES string of the molecule is CCN1C[C@H](NC(=O)c2cc(C(F)(F)F)ccc2Cl)[C@@H](OC)C1. The largest absolute Gasteiger partial charge is 0.416 e. The first-order valence-electron chi connectivity index (χ1n) is 7.19. The van der Waals surface area contributed by atoms with Crippen molar-refractivity contribution in [1.82, 2.24) is 10.2 Å². The summed E-state index contributed by atoms with van der Waals surface area (Å²) in [7, 11) is 1.54. The average molecular weight is 351 g/mol. The molecule has 1 aliphatic rings. The highest BCUT2D eigenvalue weighted by atomic mass is 35.5. The maximum atomic E-state index is 12.8. The molecule has 0 aromatic heterocycles. The van der Waals surface area contributed by atoms with Crippen molar-refractivity contribution in [2.75, 3.05) is 26.7 Å². The summed E-state index contributed by atoms with van der Waals surface area (Å²) in [5.41, 5.74) is -1.09. The van der Waals surface area contributed by atoms with E-state index in [1.165, 1.54) is 0 Å². The van der Waals surface area contributed by atoms with E-state index >= 15 is 0 Å². The third-order valence-electron chi connectivity index (χ3n) is 3.95. The highest BCUT2D eigenvalue weighted by molar-refractivity contribution is 6.33. The molecule has 0 aliphatic carbocycles. The number of likely N-dealkylation sites (tertiary alicyclic amines) is 1. The standard InChI is InChI=1S/C15H18ClF3N2O2/c1-3-21-7-12(13(8-21)23-2)20-14(22)10-6-9(15(17,18)19)4-5-11(10)16/h4-6,12-13H,3,7-8H2,1-2H3,(H,20,22)/t12-,13-/m0/s1. The van der Waals surface area contributed by atoms with Crippen LogP contribution in [0.4, 0.5) is 13.2 Å². The molecular formula is C15H18ClF3N2O2. The second kappa shape index (κ2) is 7.07. The van der Waals surface area contributed by atoms with Crippen molar-refractivity contribution >= 4 is 17.5 Å². The molecule has 128 valence electrons. The fraction of sp³-hybridized carbons (Fsp3) is 0.533. The van der Waals surface area contributed by atoms with E-state index in [1.807, 2.05) is 6.92 Å². The van der Waals surface area contributed by atoms with E-state index in [4.69, 9.17) is 16.3 Å². The Morgan fingerprint density at radius 2 is 2.13 bits per heavy atom. The van der Waals surface area contributed by atoms with Gasteiger partial charge in [-0.15, -0.1) is 0 Å². The number of nitrogens with one attached hydrogen (secondary N) is 1. The minimum absolute atomic E-state index is 0.0187. The highest BCUT2D eigenvalue weighted by Crippen LogP contribution is 2.31. The molecule has 8 heteroatoms. The Morgan fingerprint density at radius 3 is 2.70 bits per heavy atom. The Bertz CT molecular complexity index is 580. The van der Waals surface area contributed by atoms with Gasteiger partial charge in [0.1, 0.15) is 0 Å². The van der Waals surface area contributed by atoms with E-state index in [2.05, 4.69) is 10.2 Å². The summed E-state index contributed by atoms with van der Waals surface area (Å²) in [6.07, 6.45) is -4.73. The number of rotatable bonds is 4. The predicted octanol–water partition coefficient (Wildman–Crippen LogP) is 2.81. The van der Waals surface area contributed by atoms with E-state index in [0.29, 0.717) is 13.1 Å². The molecule has 23 heavy (non-hydrogen) atoms. The summed E-state index contributed by atoms with van der Waals surface area (Å²) in [6, 6.07) is 2.41. The third kappa shape index (κ3) is 4.16. The monoisotopic (exact) mass is 350 g/mol. The number of amides is 1. The van der Waals surface area contributed by atoms with Crippen LogP contribution in [0, 0.1) is 0 Å². The molecule has 1 fully saturated rings. The first-order valence-corrected chi connectivity index (χ1v) is 7.56. The Balaban J connectivity index is 2.17. The van der Waals surface area contributed by atoms with Crippen LogP contribution in [0.3, 0.4) is 0 Å². The number of nitrogens with zero attached hydrogens (tertiary/aromatic N) is 1. The fourth-order valence-electron chi connectivity index (χ4n) is 2.61. The zero-order valence-corrected chi connectivity index (χ0v) is 13.5. The normalized spacial score (nSPS) is 22.3. The van der Waals surface area contributed by atoms with Gasteiger partial charge in [-0.3, -0.25) is 9.69 Å². The van der Waals surface area contributed by atoms with E-state index < -0.39 is 17.6 Å². The molecule has 0 saturated carbocycles. The van der Waals surface area contributed by atoms with Crippen LogP contribution in [0.1, 0.15) is 22.8 Å². The lowest BCUT2D eigenvalue weighted by molar-refractivity contribution is -0.137. The number of benzene rings is 1. The molecule has 4 nitrogen and oxygen atoms in total. The Morgan fingerprint density at radius 1 is 1.43 bits per heavy atom. The van der Waals surface area contributed by atoms with Crippen LogP contribution < -0.4 is 5.32 Å². The van der Waals surface area contributed by atoms with Gasteiger partial charge in [0, 0.05) is 20.2 Å². The zero-order chi connectivity index (χ0) is 17.2. The number of alkyl halides is 3.